The van der Waals surface area contributed by atoms with E-state index in [4.69, 9.17) is 9.40 Å². The summed E-state index contributed by atoms with van der Waals surface area (Å²) in [5.74, 6) is 0.952. The van der Waals surface area contributed by atoms with Crippen LogP contribution in [-0.4, -0.2) is 13.8 Å². The molecule has 0 spiro atoms. The van der Waals surface area contributed by atoms with Gasteiger partial charge >= 0.3 is 0 Å². The summed E-state index contributed by atoms with van der Waals surface area (Å²) in [6.45, 7) is 0. The molecule has 4 heterocycles. The van der Waals surface area contributed by atoms with Gasteiger partial charge in [-0.15, -0.1) is 0 Å². The summed E-state index contributed by atoms with van der Waals surface area (Å²) >= 11 is 0. The number of para-hydroxylation sites is 2. The standard InChI is InChI=1S/C29H15N3O/c1-2-7-17-13-25-22(12-16(17)6-1)30-29-31(25)23-10-5-9-19-20-15-27-21(14-24(20)32(29)28(19)23)18-8-3-4-11-26(18)33-27/h1-15H. The van der Waals surface area contributed by atoms with Crippen LogP contribution in [0.1, 0.15) is 0 Å². The molecule has 0 fully saturated rings. The highest BCUT2D eigenvalue weighted by Gasteiger charge is 2.22. The number of fused-ring (bicyclic) bond motifs is 12. The van der Waals surface area contributed by atoms with E-state index in [2.05, 4.69) is 87.7 Å². The Bertz CT molecular complexity index is 2240. The van der Waals surface area contributed by atoms with Crippen molar-refractivity contribution in [3.8, 4) is 0 Å². The molecule has 0 N–H and O–H groups in total. The van der Waals surface area contributed by atoms with Gasteiger partial charge in [0.15, 0.2) is 0 Å². The Morgan fingerprint density at radius 2 is 1.36 bits per heavy atom. The van der Waals surface area contributed by atoms with E-state index in [-0.39, 0.29) is 0 Å². The number of hydrogen-bond donors (Lipinski definition) is 0. The van der Waals surface area contributed by atoms with Crippen molar-refractivity contribution in [2.75, 3.05) is 0 Å². The summed E-state index contributed by atoms with van der Waals surface area (Å²) in [4.78, 5) is 5.14. The van der Waals surface area contributed by atoms with Gasteiger partial charge < -0.3 is 4.42 Å². The predicted molar refractivity (Wildman–Crippen MR) is 135 cm³/mol. The maximum atomic E-state index is 6.20. The van der Waals surface area contributed by atoms with Gasteiger partial charge in [-0.05, 0) is 47.2 Å². The van der Waals surface area contributed by atoms with Crippen LogP contribution in [0.25, 0.3) is 76.8 Å². The van der Waals surface area contributed by atoms with Gasteiger partial charge in [0, 0.05) is 21.5 Å². The molecule has 0 saturated heterocycles. The number of hydrogen-bond acceptors (Lipinski definition) is 2. The van der Waals surface area contributed by atoms with Crippen LogP contribution in [0.2, 0.25) is 0 Å². The molecule has 9 rings (SSSR count). The summed E-state index contributed by atoms with van der Waals surface area (Å²) in [5.41, 5.74) is 7.56. The van der Waals surface area contributed by atoms with Crippen molar-refractivity contribution in [1.82, 2.24) is 13.8 Å². The van der Waals surface area contributed by atoms with Crippen LogP contribution in [-0.2, 0) is 0 Å². The van der Waals surface area contributed by atoms with Crippen molar-refractivity contribution in [2.45, 2.75) is 0 Å². The van der Waals surface area contributed by atoms with E-state index in [1.807, 2.05) is 12.1 Å². The normalized spacial score (nSPS) is 12.8. The zero-order valence-electron chi connectivity index (χ0n) is 17.4. The topological polar surface area (TPSA) is 34.9 Å². The average molecular weight is 421 g/mol. The van der Waals surface area contributed by atoms with Gasteiger partial charge in [0.05, 0.1) is 27.6 Å². The third-order valence-corrected chi connectivity index (χ3v) is 7.21. The first kappa shape index (κ1) is 16.1. The van der Waals surface area contributed by atoms with Gasteiger partial charge in [0.25, 0.3) is 0 Å². The Morgan fingerprint density at radius 1 is 0.545 bits per heavy atom. The van der Waals surface area contributed by atoms with E-state index in [9.17, 15) is 0 Å². The number of furan rings is 1. The molecule has 0 radical (unpaired) electrons. The zero-order valence-corrected chi connectivity index (χ0v) is 17.4. The molecule has 4 aromatic heterocycles. The largest absolute Gasteiger partial charge is 0.456 e. The van der Waals surface area contributed by atoms with Crippen molar-refractivity contribution in [2.24, 2.45) is 0 Å². The van der Waals surface area contributed by atoms with Crippen molar-refractivity contribution < 1.29 is 4.42 Å². The van der Waals surface area contributed by atoms with Crippen molar-refractivity contribution in [1.29, 1.82) is 0 Å². The molecule has 9 aromatic rings. The van der Waals surface area contributed by atoms with E-state index in [0.29, 0.717) is 0 Å². The SMILES string of the molecule is c1ccc2cc3c(cc2c1)nc1n3c2cccc3c4cc5oc6ccccc6c5cc4n1c32. The summed E-state index contributed by atoms with van der Waals surface area (Å²) < 4.78 is 10.8. The summed E-state index contributed by atoms with van der Waals surface area (Å²) in [7, 11) is 0. The van der Waals surface area contributed by atoms with Gasteiger partial charge in [0.1, 0.15) is 11.2 Å². The molecule has 0 amide bonds. The molecule has 4 heteroatoms. The van der Waals surface area contributed by atoms with Crippen molar-refractivity contribution in [3.63, 3.8) is 0 Å². The maximum absolute atomic E-state index is 6.20. The van der Waals surface area contributed by atoms with Crippen molar-refractivity contribution in [3.05, 3.63) is 91.0 Å². The molecule has 0 atom stereocenters. The van der Waals surface area contributed by atoms with Gasteiger partial charge in [-0.3, -0.25) is 8.80 Å². The lowest BCUT2D eigenvalue weighted by molar-refractivity contribution is 0.669. The molecule has 0 unspecified atom stereocenters. The number of aromatic nitrogens is 3. The first-order valence-electron chi connectivity index (χ1n) is 11.2. The van der Waals surface area contributed by atoms with E-state index in [0.717, 1.165) is 44.3 Å². The molecule has 152 valence electrons. The minimum absolute atomic E-state index is 0.922. The second kappa shape index (κ2) is 5.25. The highest BCUT2D eigenvalue weighted by Crippen LogP contribution is 2.40. The van der Waals surface area contributed by atoms with Gasteiger partial charge in [-0.1, -0.05) is 54.6 Å². The minimum atomic E-state index is 0.922. The smallest absolute Gasteiger partial charge is 0.220 e. The summed E-state index contributed by atoms with van der Waals surface area (Å²) in [6.07, 6.45) is 0. The highest BCUT2D eigenvalue weighted by atomic mass is 16.3. The number of imidazole rings is 2. The van der Waals surface area contributed by atoms with Gasteiger partial charge in [-0.25, -0.2) is 4.98 Å². The van der Waals surface area contributed by atoms with Crippen molar-refractivity contribution >= 4 is 76.8 Å². The second-order valence-electron chi connectivity index (χ2n) is 8.91. The first-order valence-corrected chi connectivity index (χ1v) is 11.2. The van der Waals surface area contributed by atoms with E-state index < -0.39 is 0 Å². The predicted octanol–water partition coefficient (Wildman–Crippen LogP) is 7.54. The van der Waals surface area contributed by atoms with Gasteiger partial charge in [0.2, 0.25) is 5.78 Å². The maximum Gasteiger partial charge on any atom is 0.220 e. The van der Waals surface area contributed by atoms with Crippen LogP contribution in [0.5, 0.6) is 0 Å². The van der Waals surface area contributed by atoms with Gasteiger partial charge in [-0.2, -0.15) is 0 Å². The minimum Gasteiger partial charge on any atom is -0.456 e. The Morgan fingerprint density at radius 3 is 2.30 bits per heavy atom. The summed E-state index contributed by atoms with van der Waals surface area (Å²) in [5, 5.41) is 7.15. The quantitative estimate of drug-likeness (QED) is 0.253. The van der Waals surface area contributed by atoms with Crippen LogP contribution in [0, 0.1) is 0 Å². The number of rotatable bonds is 0. The fourth-order valence-electron chi connectivity index (χ4n) is 5.79. The van der Waals surface area contributed by atoms with E-state index in [1.165, 1.54) is 32.6 Å². The molecule has 33 heavy (non-hydrogen) atoms. The third-order valence-electron chi connectivity index (χ3n) is 7.21. The van der Waals surface area contributed by atoms with Crippen LogP contribution in [0.4, 0.5) is 0 Å². The Hall–Kier alpha value is -4.57. The number of benzene rings is 5. The molecular formula is C29H15N3O. The second-order valence-corrected chi connectivity index (χ2v) is 8.91. The number of nitrogens with zero attached hydrogens (tertiary/aromatic N) is 3. The third kappa shape index (κ3) is 1.79. The Kier molecular flexibility index (Phi) is 2.56. The van der Waals surface area contributed by atoms with Crippen LogP contribution in [0.3, 0.4) is 0 Å². The molecule has 0 aliphatic heterocycles. The molecule has 0 bridgehead atoms. The van der Waals surface area contributed by atoms with Crippen LogP contribution >= 0.6 is 0 Å². The lowest BCUT2D eigenvalue weighted by atomic mass is 10.1. The summed E-state index contributed by atoms with van der Waals surface area (Å²) in [6, 6.07) is 32.2. The first-order chi connectivity index (χ1) is 16.3. The lowest BCUT2D eigenvalue weighted by Gasteiger charge is -1.99. The van der Waals surface area contributed by atoms with Crippen LogP contribution < -0.4 is 0 Å². The van der Waals surface area contributed by atoms with E-state index in [1.54, 1.807) is 0 Å². The highest BCUT2D eigenvalue weighted by molar-refractivity contribution is 6.20. The zero-order chi connectivity index (χ0) is 21.3. The van der Waals surface area contributed by atoms with E-state index >= 15 is 0 Å². The Labute approximate surface area is 186 Å². The fraction of sp³-hybridized carbons (Fsp3) is 0. The molecular weight excluding hydrogens is 406 g/mol. The molecule has 0 aliphatic carbocycles. The van der Waals surface area contributed by atoms with Crippen LogP contribution in [0.15, 0.2) is 95.4 Å². The molecule has 0 saturated carbocycles. The monoisotopic (exact) mass is 421 g/mol. The molecule has 4 nitrogen and oxygen atoms in total. The average Bonchev–Trinajstić information content (AvgIpc) is 3.56. The molecule has 5 aromatic carbocycles. The molecule has 0 aliphatic rings. The fourth-order valence-corrected chi connectivity index (χ4v) is 5.79. The Balaban J connectivity index is 1.56. The lowest BCUT2D eigenvalue weighted by Crippen LogP contribution is -1.84.